The Hall–Kier alpha value is -0.570. The van der Waals surface area contributed by atoms with Crippen molar-refractivity contribution in [2.45, 2.75) is 32.9 Å². The minimum atomic E-state index is 0. The minimum absolute atomic E-state index is 0. The number of nitrogens with zero attached hydrogens (tertiary/aromatic N) is 1. The fourth-order valence-electron chi connectivity index (χ4n) is 2.23. The van der Waals surface area contributed by atoms with E-state index < -0.39 is 0 Å². The molecule has 0 bridgehead atoms. The molecule has 1 saturated heterocycles. The van der Waals surface area contributed by atoms with Crippen LogP contribution >= 0.6 is 12.4 Å². The van der Waals surface area contributed by atoms with Crippen molar-refractivity contribution in [3.05, 3.63) is 34.9 Å². The van der Waals surface area contributed by atoms with Gasteiger partial charge in [-0.25, -0.2) is 0 Å². The smallest absolute Gasteiger partial charge is 0.0237 e. The molecule has 0 amide bonds. The molecule has 1 aliphatic rings. The van der Waals surface area contributed by atoms with Gasteiger partial charge >= 0.3 is 0 Å². The number of likely N-dealkylation sites (tertiary alicyclic amines) is 1. The van der Waals surface area contributed by atoms with Crippen LogP contribution in [-0.2, 0) is 6.54 Å². The lowest BCUT2D eigenvalue weighted by atomic mass is 10.0. The molecule has 1 heterocycles. The van der Waals surface area contributed by atoms with Crippen molar-refractivity contribution in [1.82, 2.24) is 4.90 Å². The lowest BCUT2D eigenvalue weighted by Crippen LogP contribution is -2.26. The zero-order valence-electron chi connectivity index (χ0n) is 10.1. The van der Waals surface area contributed by atoms with Crippen LogP contribution in [0.2, 0.25) is 0 Å². The maximum absolute atomic E-state index is 5.91. The first-order chi connectivity index (χ1) is 7.16. The van der Waals surface area contributed by atoms with E-state index in [4.69, 9.17) is 5.73 Å². The van der Waals surface area contributed by atoms with Gasteiger partial charge in [0, 0.05) is 25.7 Å². The van der Waals surface area contributed by atoms with Crippen molar-refractivity contribution in [3.8, 4) is 0 Å². The van der Waals surface area contributed by atoms with Crippen LogP contribution in [0.3, 0.4) is 0 Å². The first kappa shape index (κ1) is 13.5. The van der Waals surface area contributed by atoms with Crippen molar-refractivity contribution in [1.29, 1.82) is 0 Å². The van der Waals surface area contributed by atoms with E-state index >= 15 is 0 Å². The number of benzene rings is 1. The Morgan fingerprint density at radius 3 is 2.75 bits per heavy atom. The monoisotopic (exact) mass is 240 g/mol. The van der Waals surface area contributed by atoms with Gasteiger partial charge in [0.2, 0.25) is 0 Å². The molecule has 1 fully saturated rings. The van der Waals surface area contributed by atoms with E-state index in [1.54, 1.807) is 0 Å². The van der Waals surface area contributed by atoms with Crippen LogP contribution in [0.4, 0.5) is 0 Å². The summed E-state index contributed by atoms with van der Waals surface area (Å²) in [6, 6.07) is 6.93. The zero-order valence-corrected chi connectivity index (χ0v) is 10.9. The molecule has 2 nitrogen and oxygen atoms in total. The summed E-state index contributed by atoms with van der Waals surface area (Å²) in [6.07, 6.45) is 1.14. The maximum Gasteiger partial charge on any atom is 0.0237 e. The van der Waals surface area contributed by atoms with Crippen molar-refractivity contribution in [2.24, 2.45) is 5.73 Å². The van der Waals surface area contributed by atoms with Gasteiger partial charge in [0.25, 0.3) is 0 Å². The summed E-state index contributed by atoms with van der Waals surface area (Å²) in [5, 5.41) is 0. The first-order valence-electron chi connectivity index (χ1n) is 5.70. The molecule has 3 heteroatoms. The van der Waals surface area contributed by atoms with Crippen LogP contribution < -0.4 is 5.73 Å². The number of aryl methyl sites for hydroxylation is 1. The van der Waals surface area contributed by atoms with Crippen LogP contribution in [0.1, 0.15) is 23.1 Å². The van der Waals surface area contributed by atoms with Crippen LogP contribution in [0.5, 0.6) is 0 Å². The Balaban J connectivity index is 0.00000128. The molecule has 1 aromatic rings. The van der Waals surface area contributed by atoms with E-state index in [0.717, 1.165) is 26.1 Å². The molecule has 0 radical (unpaired) electrons. The summed E-state index contributed by atoms with van der Waals surface area (Å²) in [4.78, 5) is 2.45. The topological polar surface area (TPSA) is 29.3 Å². The Morgan fingerprint density at radius 2 is 2.12 bits per heavy atom. The lowest BCUT2D eigenvalue weighted by molar-refractivity contribution is 0.326. The van der Waals surface area contributed by atoms with Gasteiger partial charge in [0.15, 0.2) is 0 Å². The summed E-state index contributed by atoms with van der Waals surface area (Å²) < 4.78 is 0. The molecule has 2 N–H and O–H groups in total. The molecule has 2 rings (SSSR count). The third kappa shape index (κ3) is 2.97. The van der Waals surface area contributed by atoms with Crippen LogP contribution in [0.25, 0.3) is 0 Å². The summed E-state index contributed by atoms with van der Waals surface area (Å²) >= 11 is 0. The van der Waals surface area contributed by atoms with Crippen molar-refractivity contribution in [3.63, 3.8) is 0 Å². The second kappa shape index (κ2) is 5.67. The van der Waals surface area contributed by atoms with E-state index in [1.165, 1.54) is 16.7 Å². The van der Waals surface area contributed by atoms with Crippen molar-refractivity contribution < 1.29 is 0 Å². The third-order valence-electron chi connectivity index (χ3n) is 3.42. The van der Waals surface area contributed by atoms with Crippen molar-refractivity contribution in [2.75, 3.05) is 13.1 Å². The second-order valence-electron chi connectivity index (χ2n) is 4.64. The largest absolute Gasteiger partial charge is 0.326 e. The summed E-state index contributed by atoms with van der Waals surface area (Å²) in [5.41, 5.74) is 10.2. The van der Waals surface area contributed by atoms with E-state index in [1.807, 2.05) is 0 Å². The molecule has 0 aliphatic carbocycles. The van der Waals surface area contributed by atoms with Gasteiger partial charge in [0.1, 0.15) is 0 Å². The van der Waals surface area contributed by atoms with E-state index in [9.17, 15) is 0 Å². The van der Waals surface area contributed by atoms with Gasteiger partial charge in [0.05, 0.1) is 0 Å². The molecular weight excluding hydrogens is 220 g/mol. The standard InChI is InChI=1S/C13H20N2.ClH/c1-10-4-3-5-12(11(10)2)8-15-7-6-13(14)9-15;/h3-5,13H,6-9,14H2,1-2H3;1H. The predicted octanol–water partition coefficient (Wildman–Crippen LogP) is 2.26. The Labute approximate surface area is 104 Å². The van der Waals surface area contributed by atoms with Crippen LogP contribution in [0, 0.1) is 13.8 Å². The highest BCUT2D eigenvalue weighted by molar-refractivity contribution is 5.85. The highest BCUT2D eigenvalue weighted by Crippen LogP contribution is 2.17. The highest BCUT2D eigenvalue weighted by atomic mass is 35.5. The normalized spacial score (nSPS) is 20.8. The summed E-state index contributed by atoms with van der Waals surface area (Å²) in [7, 11) is 0. The molecule has 1 aromatic carbocycles. The Kier molecular flexibility index (Phi) is 4.78. The van der Waals surface area contributed by atoms with Crippen molar-refractivity contribution >= 4 is 12.4 Å². The van der Waals surface area contributed by atoms with Crippen LogP contribution in [0.15, 0.2) is 18.2 Å². The average molecular weight is 241 g/mol. The van der Waals surface area contributed by atoms with Gasteiger partial charge in [-0.2, -0.15) is 0 Å². The van der Waals surface area contributed by atoms with Crippen LogP contribution in [-0.4, -0.2) is 24.0 Å². The van der Waals surface area contributed by atoms with Gasteiger partial charge < -0.3 is 5.73 Å². The quantitative estimate of drug-likeness (QED) is 0.859. The highest BCUT2D eigenvalue weighted by Gasteiger charge is 2.19. The Bertz CT molecular complexity index is 352. The second-order valence-corrected chi connectivity index (χ2v) is 4.64. The molecular formula is C13H21ClN2. The SMILES string of the molecule is Cc1cccc(CN2CCC(N)C2)c1C.Cl. The summed E-state index contributed by atoms with van der Waals surface area (Å²) in [6.45, 7) is 7.64. The van der Waals surface area contributed by atoms with Gasteiger partial charge in [-0.05, 0) is 37.0 Å². The fourth-order valence-corrected chi connectivity index (χ4v) is 2.23. The number of rotatable bonds is 2. The molecule has 0 aromatic heterocycles. The first-order valence-corrected chi connectivity index (χ1v) is 5.70. The molecule has 0 saturated carbocycles. The van der Waals surface area contributed by atoms with Gasteiger partial charge in [-0.15, -0.1) is 12.4 Å². The van der Waals surface area contributed by atoms with Gasteiger partial charge in [-0.3, -0.25) is 4.90 Å². The fraction of sp³-hybridized carbons (Fsp3) is 0.538. The maximum atomic E-state index is 5.91. The molecule has 1 atom stereocenters. The number of nitrogens with two attached hydrogens (primary N) is 1. The molecule has 90 valence electrons. The molecule has 0 spiro atoms. The number of halogens is 1. The average Bonchev–Trinajstić information content (AvgIpc) is 2.59. The lowest BCUT2D eigenvalue weighted by Gasteiger charge is -2.17. The predicted molar refractivity (Wildman–Crippen MR) is 71.0 cm³/mol. The van der Waals surface area contributed by atoms with Gasteiger partial charge in [-0.1, -0.05) is 18.2 Å². The Morgan fingerprint density at radius 1 is 1.38 bits per heavy atom. The number of hydrogen-bond acceptors (Lipinski definition) is 2. The van der Waals surface area contributed by atoms with E-state index in [-0.39, 0.29) is 12.4 Å². The summed E-state index contributed by atoms with van der Waals surface area (Å²) in [5.74, 6) is 0. The van der Waals surface area contributed by atoms with E-state index in [0.29, 0.717) is 6.04 Å². The zero-order chi connectivity index (χ0) is 10.8. The number of hydrogen-bond donors (Lipinski definition) is 1. The molecule has 1 aliphatic heterocycles. The molecule has 1 unspecified atom stereocenters. The van der Waals surface area contributed by atoms with E-state index in [2.05, 4.69) is 36.9 Å². The minimum Gasteiger partial charge on any atom is -0.326 e. The molecule has 16 heavy (non-hydrogen) atoms. The third-order valence-corrected chi connectivity index (χ3v) is 3.42.